The van der Waals surface area contributed by atoms with Crippen molar-refractivity contribution in [2.45, 2.75) is 50.7 Å². The van der Waals surface area contributed by atoms with E-state index < -0.39 is 24.3 Å². The highest BCUT2D eigenvalue weighted by Crippen LogP contribution is 2.32. The summed E-state index contributed by atoms with van der Waals surface area (Å²) in [5, 5.41) is 9.79. The maximum atomic E-state index is 12.7. The predicted molar refractivity (Wildman–Crippen MR) is 101 cm³/mol. The number of aromatic nitrogens is 4. The molecular formula is C19H20F3N5O2. The van der Waals surface area contributed by atoms with Gasteiger partial charge in [0.1, 0.15) is 6.54 Å². The minimum Gasteiger partial charge on any atom is -0.306 e. The molecule has 0 aliphatic heterocycles. The molecular weight excluding hydrogens is 387 g/mol. The Morgan fingerprint density at radius 2 is 1.97 bits per heavy atom. The number of hydrogen-bond donors (Lipinski definition) is 3. The van der Waals surface area contributed by atoms with Crippen LogP contribution in [0.1, 0.15) is 54.1 Å². The molecule has 29 heavy (non-hydrogen) atoms. The summed E-state index contributed by atoms with van der Waals surface area (Å²) in [6.45, 7) is -1.39. The van der Waals surface area contributed by atoms with Crippen molar-refractivity contribution < 1.29 is 18.0 Å². The van der Waals surface area contributed by atoms with E-state index >= 15 is 0 Å². The van der Waals surface area contributed by atoms with Crippen LogP contribution in [0.2, 0.25) is 0 Å². The Kier molecular flexibility index (Phi) is 4.93. The van der Waals surface area contributed by atoms with Gasteiger partial charge in [-0.1, -0.05) is 19.3 Å². The molecule has 2 heterocycles. The fraction of sp³-hybridized carbons (Fsp3) is 0.421. The number of benzene rings is 1. The first-order valence-corrected chi connectivity index (χ1v) is 9.46. The number of H-pyrrole nitrogens is 2. The number of amides is 1. The van der Waals surface area contributed by atoms with Gasteiger partial charge in [0.25, 0.3) is 5.91 Å². The van der Waals surface area contributed by atoms with E-state index in [9.17, 15) is 22.8 Å². The lowest BCUT2D eigenvalue weighted by molar-refractivity contribution is -0.140. The SMILES string of the molecule is O=C(Nc1cc(C2CCCCC2)[nH]n1)c1ccc2c(c1)[nH]c(=O)n2CC(F)(F)F. The van der Waals surface area contributed by atoms with Crippen LogP contribution in [0.15, 0.2) is 29.1 Å². The van der Waals surface area contributed by atoms with Crippen LogP contribution in [0.4, 0.5) is 19.0 Å². The van der Waals surface area contributed by atoms with Gasteiger partial charge in [0.05, 0.1) is 11.0 Å². The Labute approximate surface area is 163 Å². The van der Waals surface area contributed by atoms with Gasteiger partial charge in [-0.05, 0) is 31.0 Å². The Morgan fingerprint density at radius 3 is 2.69 bits per heavy atom. The van der Waals surface area contributed by atoms with E-state index in [0.717, 1.165) is 18.5 Å². The first-order chi connectivity index (χ1) is 13.8. The third kappa shape index (κ3) is 4.20. The first kappa shape index (κ1) is 19.3. The summed E-state index contributed by atoms with van der Waals surface area (Å²) in [6, 6.07) is 5.88. The Hall–Kier alpha value is -3.04. The minimum atomic E-state index is -4.52. The summed E-state index contributed by atoms with van der Waals surface area (Å²) in [5.41, 5.74) is 0.573. The normalized spacial score (nSPS) is 15.7. The van der Waals surface area contributed by atoms with E-state index in [1.54, 1.807) is 0 Å². The Balaban J connectivity index is 1.52. The van der Waals surface area contributed by atoms with Crippen LogP contribution in [-0.2, 0) is 6.54 Å². The molecule has 1 aliphatic carbocycles. The maximum absolute atomic E-state index is 12.7. The summed E-state index contributed by atoms with van der Waals surface area (Å²) >= 11 is 0. The molecule has 0 spiro atoms. The van der Waals surface area contributed by atoms with Crippen molar-refractivity contribution in [2.75, 3.05) is 5.32 Å². The smallest absolute Gasteiger partial charge is 0.306 e. The molecule has 3 N–H and O–H groups in total. The third-order valence-corrected chi connectivity index (χ3v) is 5.26. The highest BCUT2D eigenvalue weighted by molar-refractivity contribution is 6.05. The number of carbonyl (C=O) groups excluding carboxylic acids is 1. The second-order valence-electron chi connectivity index (χ2n) is 7.36. The van der Waals surface area contributed by atoms with Crippen LogP contribution in [0.3, 0.4) is 0 Å². The van der Waals surface area contributed by atoms with E-state index in [-0.39, 0.29) is 16.6 Å². The second-order valence-corrected chi connectivity index (χ2v) is 7.36. The van der Waals surface area contributed by atoms with Crippen molar-refractivity contribution >= 4 is 22.8 Å². The van der Waals surface area contributed by atoms with Crippen molar-refractivity contribution in [2.24, 2.45) is 0 Å². The van der Waals surface area contributed by atoms with Crippen LogP contribution in [0.25, 0.3) is 11.0 Å². The van der Waals surface area contributed by atoms with E-state index in [4.69, 9.17) is 0 Å². The minimum absolute atomic E-state index is 0.0863. The molecule has 1 amide bonds. The van der Waals surface area contributed by atoms with Gasteiger partial charge >= 0.3 is 11.9 Å². The number of anilines is 1. The lowest BCUT2D eigenvalue weighted by Gasteiger charge is -2.19. The van der Waals surface area contributed by atoms with Crippen LogP contribution in [0, 0.1) is 0 Å². The number of nitrogens with one attached hydrogen (secondary N) is 3. The van der Waals surface area contributed by atoms with Crippen LogP contribution < -0.4 is 11.0 Å². The second kappa shape index (κ2) is 7.41. The standard InChI is InChI=1S/C19H20F3N5O2/c20-19(21,22)10-27-15-7-6-12(8-14(15)23-18(27)29)17(28)24-16-9-13(25-26-16)11-4-2-1-3-5-11/h6-9,11H,1-5,10H2,(H,23,29)(H2,24,25,26,28). The quantitative estimate of drug-likeness (QED) is 0.612. The lowest BCUT2D eigenvalue weighted by Crippen LogP contribution is -2.26. The third-order valence-electron chi connectivity index (χ3n) is 5.26. The van der Waals surface area contributed by atoms with E-state index in [1.807, 2.05) is 6.07 Å². The molecule has 0 radical (unpaired) electrons. The van der Waals surface area contributed by atoms with Gasteiger partial charge in [0, 0.05) is 23.2 Å². The molecule has 1 fully saturated rings. The average molecular weight is 407 g/mol. The fourth-order valence-electron chi connectivity index (χ4n) is 3.85. The Bertz CT molecular complexity index is 1090. The number of alkyl halides is 3. The number of rotatable bonds is 4. The highest BCUT2D eigenvalue weighted by atomic mass is 19.4. The lowest BCUT2D eigenvalue weighted by atomic mass is 9.87. The van der Waals surface area contributed by atoms with Gasteiger partial charge in [-0.15, -0.1) is 0 Å². The molecule has 1 saturated carbocycles. The number of hydrogen-bond acceptors (Lipinski definition) is 3. The molecule has 1 aliphatic rings. The first-order valence-electron chi connectivity index (χ1n) is 9.46. The van der Waals surface area contributed by atoms with Gasteiger partial charge in [0.15, 0.2) is 5.82 Å². The van der Waals surface area contributed by atoms with Crippen molar-refractivity contribution in [1.29, 1.82) is 0 Å². The summed E-state index contributed by atoms with van der Waals surface area (Å²) in [6.07, 6.45) is 1.26. The molecule has 3 aromatic rings. The van der Waals surface area contributed by atoms with Gasteiger partial charge in [0.2, 0.25) is 0 Å². The summed E-state index contributed by atoms with van der Waals surface area (Å²) < 4.78 is 38.6. The van der Waals surface area contributed by atoms with Crippen LogP contribution >= 0.6 is 0 Å². The number of halogens is 3. The zero-order chi connectivity index (χ0) is 20.6. The zero-order valence-corrected chi connectivity index (χ0v) is 15.5. The monoisotopic (exact) mass is 407 g/mol. The number of imidazole rings is 1. The number of fused-ring (bicyclic) bond motifs is 1. The Morgan fingerprint density at radius 1 is 1.21 bits per heavy atom. The molecule has 0 atom stereocenters. The number of aromatic amines is 2. The summed E-state index contributed by atoms with van der Waals surface area (Å²) in [5.74, 6) is 0.341. The molecule has 4 rings (SSSR count). The van der Waals surface area contributed by atoms with Crippen LogP contribution in [0.5, 0.6) is 0 Å². The van der Waals surface area contributed by atoms with Gasteiger partial charge in [-0.3, -0.25) is 14.5 Å². The average Bonchev–Trinajstić information content (AvgIpc) is 3.26. The topological polar surface area (TPSA) is 95.6 Å². The van der Waals surface area contributed by atoms with Gasteiger partial charge in [-0.2, -0.15) is 18.3 Å². The number of carbonyl (C=O) groups is 1. The molecule has 1 aromatic carbocycles. The van der Waals surface area contributed by atoms with Crippen molar-refractivity contribution in [1.82, 2.24) is 19.7 Å². The molecule has 0 unspecified atom stereocenters. The van der Waals surface area contributed by atoms with Crippen molar-refractivity contribution in [3.63, 3.8) is 0 Å². The molecule has 154 valence electrons. The van der Waals surface area contributed by atoms with E-state index in [0.29, 0.717) is 16.3 Å². The zero-order valence-electron chi connectivity index (χ0n) is 15.5. The van der Waals surface area contributed by atoms with Crippen molar-refractivity contribution in [3.8, 4) is 0 Å². The molecule has 2 aromatic heterocycles. The predicted octanol–water partition coefficient (Wildman–Crippen LogP) is 3.92. The highest BCUT2D eigenvalue weighted by Gasteiger charge is 2.30. The fourth-order valence-corrected chi connectivity index (χ4v) is 3.85. The van der Waals surface area contributed by atoms with Crippen molar-refractivity contribution in [3.05, 3.63) is 46.0 Å². The van der Waals surface area contributed by atoms with E-state index in [1.165, 1.54) is 37.5 Å². The van der Waals surface area contributed by atoms with Crippen LogP contribution in [-0.4, -0.2) is 31.8 Å². The maximum Gasteiger partial charge on any atom is 0.406 e. The van der Waals surface area contributed by atoms with Gasteiger partial charge < -0.3 is 10.3 Å². The molecule has 0 bridgehead atoms. The molecule has 7 nitrogen and oxygen atoms in total. The number of nitrogens with zero attached hydrogens (tertiary/aromatic N) is 2. The summed E-state index contributed by atoms with van der Waals surface area (Å²) in [7, 11) is 0. The van der Waals surface area contributed by atoms with Gasteiger partial charge in [-0.25, -0.2) is 4.79 Å². The molecule has 0 saturated heterocycles. The molecule has 10 heteroatoms. The largest absolute Gasteiger partial charge is 0.406 e. The summed E-state index contributed by atoms with van der Waals surface area (Å²) in [4.78, 5) is 26.7. The van der Waals surface area contributed by atoms with E-state index in [2.05, 4.69) is 20.5 Å².